The summed E-state index contributed by atoms with van der Waals surface area (Å²) in [6.45, 7) is 11.9. The van der Waals surface area contributed by atoms with Crippen molar-refractivity contribution < 1.29 is 4.79 Å². The van der Waals surface area contributed by atoms with Gasteiger partial charge in [0.15, 0.2) is 0 Å². The van der Waals surface area contributed by atoms with Gasteiger partial charge in [-0.15, -0.1) is 0 Å². The quantitative estimate of drug-likeness (QED) is 0.640. The molecule has 0 aromatic rings. The largest absolute Gasteiger partial charge is 0.352 e. The van der Waals surface area contributed by atoms with Crippen LogP contribution in [0.1, 0.15) is 60.3 Å². The molecule has 1 amide bonds. The SMILES string of the molecule is CCC(CC)NC(=O)C(C)N(CCN)C(CC)CC. The summed E-state index contributed by atoms with van der Waals surface area (Å²) in [5.74, 6) is 0.133. The molecular weight excluding hydrogens is 238 g/mol. The van der Waals surface area contributed by atoms with Gasteiger partial charge in [-0.1, -0.05) is 27.7 Å². The third-order valence-corrected chi connectivity index (χ3v) is 4.01. The van der Waals surface area contributed by atoms with Gasteiger partial charge in [0, 0.05) is 25.2 Å². The van der Waals surface area contributed by atoms with Crippen molar-refractivity contribution >= 4 is 5.91 Å². The summed E-state index contributed by atoms with van der Waals surface area (Å²) in [6.07, 6.45) is 4.08. The van der Waals surface area contributed by atoms with Crippen molar-refractivity contribution in [2.24, 2.45) is 5.73 Å². The molecule has 19 heavy (non-hydrogen) atoms. The van der Waals surface area contributed by atoms with Crippen LogP contribution in [0.5, 0.6) is 0 Å². The van der Waals surface area contributed by atoms with Crippen molar-refractivity contribution in [2.75, 3.05) is 13.1 Å². The maximum Gasteiger partial charge on any atom is 0.237 e. The molecule has 1 atom stereocenters. The second kappa shape index (κ2) is 10.2. The van der Waals surface area contributed by atoms with Crippen LogP contribution < -0.4 is 11.1 Å². The van der Waals surface area contributed by atoms with Gasteiger partial charge in [0.2, 0.25) is 5.91 Å². The van der Waals surface area contributed by atoms with E-state index in [1.807, 2.05) is 6.92 Å². The zero-order chi connectivity index (χ0) is 14.8. The number of nitrogens with zero attached hydrogens (tertiary/aromatic N) is 1. The molecule has 3 N–H and O–H groups in total. The molecule has 1 unspecified atom stereocenters. The molecule has 0 saturated carbocycles. The molecule has 0 aliphatic rings. The van der Waals surface area contributed by atoms with E-state index in [-0.39, 0.29) is 18.0 Å². The monoisotopic (exact) mass is 271 g/mol. The lowest BCUT2D eigenvalue weighted by atomic mass is 10.1. The molecule has 0 heterocycles. The maximum absolute atomic E-state index is 12.3. The van der Waals surface area contributed by atoms with E-state index in [0.717, 1.165) is 32.2 Å². The van der Waals surface area contributed by atoms with Crippen molar-refractivity contribution in [3.63, 3.8) is 0 Å². The van der Waals surface area contributed by atoms with Gasteiger partial charge in [0.05, 0.1) is 6.04 Å². The van der Waals surface area contributed by atoms with Crippen LogP contribution in [0.3, 0.4) is 0 Å². The number of rotatable bonds is 10. The van der Waals surface area contributed by atoms with Crippen LogP contribution in [0.25, 0.3) is 0 Å². The Balaban J connectivity index is 4.68. The number of nitrogens with one attached hydrogen (secondary N) is 1. The molecule has 0 fully saturated rings. The minimum atomic E-state index is -0.103. The highest BCUT2D eigenvalue weighted by Gasteiger charge is 2.26. The fourth-order valence-corrected chi connectivity index (χ4v) is 2.56. The molecule has 0 radical (unpaired) electrons. The van der Waals surface area contributed by atoms with Crippen LogP contribution in [-0.2, 0) is 4.79 Å². The Morgan fingerprint density at radius 1 is 1.11 bits per heavy atom. The van der Waals surface area contributed by atoms with E-state index in [9.17, 15) is 4.79 Å². The first-order valence-electron chi connectivity index (χ1n) is 7.81. The van der Waals surface area contributed by atoms with Crippen molar-refractivity contribution in [3.05, 3.63) is 0 Å². The Labute approximate surface area is 119 Å². The zero-order valence-electron chi connectivity index (χ0n) is 13.4. The van der Waals surface area contributed by atoms with Crippen LogP contribution in [0.4, 0.5) is 0 Å². The van der Waals surface area contributed by atoms with Crippen molar-refractivity contribution in [1.82, 2.24) is 10.2 Å². The summed E-state index contributed by atoms with van der Waals surface area (Å²) >= 11 is 0. The predicted molar refractivity (Wildman–Crippen MR) is 82.1 cm³/mol. The first-order chi connectivity index (χ1) is 9.05. The highest BCUT2D eigenvalue weighted by Crippen LogP contribution is 2.13. The van der Waals surface area contributed by atoms with Gasteiger partial charge < -0.3 is 11.1 Å². The summed E-state index contributed by atoms with van der Waals surface area (Å²) in [6, 6.07) is 0.622. The third kappa shape index (κ3) is 5.91. The van der Waals surface area contributed by atoms with E-state index in [1.54, 1.807) is 0 Å². The number of nitrogens with two attached hydrogens (primary N) is 1. The van der Waals surface area contributed by atoms with Gasteiger partial charge in [-0.25, -0.2) is 0 Å². The number of carbonyl (C=O) groups excluding carboxylic acids is 1. The van der Waals surface area contributed by atoms with E-state index < -0.39 is 0 Å². The summed E-state index contributed by atoms with van der Waals surface area (Å²) in [4.78, 5) is 14.6. The van der Waals surface area contributed by atoms with Gasteiger partial charge in [-0.3, -0.25) is 9.69 Å². The fourth-order valence-electron chi connectivity index (χ4n) is 2.56. The van der Waals surface area contributed by atoms with Gasteiger partial charge in [-0.2, -0.15) is 0 Å². The highest BCUT2D eigenvalue weighted by molar-refractivity contribution is 5.81. The van der Waals surface area contributed by atoms with Crippen molar-refractivity contribution in [3.8, 4) is 0 Å². The minimum absolute atomic E-state index is 0.103. The van der Waals surface area contributed by atoms with Crippen molar-refractivity contribution in [2.45, 2.75) is 78.4 Å². The normalized spacial score (nSPS) is 13.3. The van der Waals surface area contributed by atoms with Crippen LogP contribution in [-0.4, -0.2) is 42.0 Å². The van der Waals surface area contributed by atoms with Crippen LogP contribution in [0, 0.1) is 0 Å². The average molecular weight is 271 g/mol. The first kappa shape index (κ1) is 18.4. The summed E-state index contributed by atoms with van der Waals surface area (Å²) in [7, 11) is 0. The molecule has 0 aliphatic carbocycles. The third-order valence-electron chi connectivity index (χ3n) is 4.01. The molecule has 0 aromatic carbocycles. The summed E-state index contributed by atoms with van der Waals surface area (Å²) in [5.41, 5.74) is 5.69. The topological polar surface area (TPSA) is 58.4 Å². The summed E-state index contributed by atoms with van der Waals surface area (Å²) < 4.78 is 0. The van der Waals surface area contributed by atoms with E-state index in [1.165, 1.54) is 0 Å². The van der Waals surface area contributed by atoms with Gasteiger partial charge >= 0.3 is 0 Å². The molecule has 0 spiro atoms. The standard InChI is InChI=1S/C15H33N3O/c1-6-13(7-2)17-15(19)12(5)18(11-10-16)14(8-3)9-4/h12-14H,6-11,16H2,1-5H3,(H,17,19). The molecule has 0 aromatic heterocycles. The number of hydrogen-bond donors (Lipinski definition) is 2. The second-order valence-corrected chi connectivity index (χ2v) is 5.19. The molecule has 114 valence electrons. The van der Waals surface area contributed by atoms with Gasteiger partial charge in [0.25, 0.3) is 0 Å². The van der Waals surface area contributed by atoms with Crippen LogP contribution >= 0.6 is 0 Å². The molecule has 0 aliphatic heterocycles. The Morgan fingerprint density at radius 3 is 2.00 bits per heavy atom. The molecule has 4 heteroatoms. The predicted octanol–water partition coefficient (Wildman–Crippen LogP) is 2.13. The lowest BCUT2D eigenvalue weighted by Crippen LogP contribution is -2.52. The Kier molecular flexibility index (Phi) is 9.88. The summed E-state index contributed by atoms with van der Waals surface area (Å²) in [5, 5.41) is 3.14. The molecule has 4 nitrogen and oxygen atoms in total. The first-order valence-corrected chi connectivity index (χ1v) is 7.81. The van der Waals surface area contributed by atoms with E-state index in [4.69, 9.17) is 5.73 Å². The zero-order valence-corrected chi connectivity index (χ0v) is 13.4. The number of carbonyl (C=O) groups is 1. The van der Waals surface area contributed by atoms with E-state index in [0.29, 0.717) is 12.6 Å². The smallest absolute Gasteiger partial charge is 0.237 e. The molecule has 0 bridgehead atoms. The molecular formula is C15H33N3O. The van der Waals surface area contributed by atoms with E-state index >= 15 is 0 Å². The van der Waals surface area contributed by atoms with Crippen LogP contribution in [0.2, 0.25) is 0 Å². The van der Waals surface area contributed by atoms with E-state index in [2.05, 4.69) is 37.9 Å². The highest BCUT2D eigenvalue weighted by atomic mass is 16.2. The Hall–Kier alpha value is -0.610. The number of hydrogen-bond acceptors (Lipinski definition) is 3. The average Bonchev–Trinajstić information content (AvgIpc) is 2.43. The maximum atomic E-state index is 12.3. The lowest BCUT2D eigenvalue weighted by Gasteiger charge is -2.35. The molecule has 0 rings (SSSR count). The van der Waals surface area contributed by atoms with Gasteiger partial charge in [-0.05, 0) is 32.6 Å². The van der Waals surface area contributed by atoms with Gasteiger partial charge in [0.1, 0.15) is 0 Å². The second-order valence-electron chi connectivity index (χ2n) is 5.19. The number of amides is 1. The van der Waals surface area contributed by atoms with Crippen LogP contribution in [0.15, 0.2) is 0 Å². The van der Waals surface area contributed by atoms with Crippen molar-refractivity contribution in [1.29, 1.82) is 0 Å². The fraction of sp³-hybridized carbons (Fsp3) is 0.933. The Morgan fingerprint density at radius 2 is 1.63 bits per heavy atom. The Bertz CT molecular complexity index is 238. The molecule has 0 saturated heterocycles. The minimum Gasteiger partial charge on any atom is -0.352 e. The lowest BCUT2D eigenvalue weighted by molar-refractivity contribution is -0.127.